The van der Waals surface area contributed by atoms with Crippen LogP contribution >= 0.6 is 11.6 Å². The first kappa shape index (κ1) is 14.1. The zero-order chi connectivity index (χ0) is 13.8. The molecule has 19 heavy (non-hydrogen) atoms. The maximum absolute atomic E-state index is 6.32. The molecular formula is C18H21Cl. The number of hydrogen-bond acceptors (Lipinski definition) is 0. The second kappa shape index (κ2) is 6.25. The lowest BCUT2D eigenvalue weighted by molar-refractivity contribution is 1.09. The van der Waals surface area contributed by atoms with E-state index >= 15 is 0 Å². The first-order chi connectivity index (χ1) is 9.13. The smallest absolute Gasteiger partial charge is 0.0440 e. The molecule has 2 rings (SSSR count). The Balaban J connectivity index is 2.25. The van der Waals surface area contributed by atoms with Crippen LogP contribution in [0.2, 0.25) is 5.02 Å². The normalized spacial score (nSPS) is 10.7. The van der Waals surface area contributed by atoms with Crippen molar-refractivity contribution in [2.75, 3.05) is 0 Å². The lowest BCUT2D eigenvalue weighted by Gasteiger charge is -2.10. The molecule has 0 aromatic heterocycles. The van der Waals surface area contributed by atoms with E-state index in [1.807, 2.05) is 0 Å². The van der Waals surface area contributed by atoms with Crippen LogP contribution in [0.15, 0.2) is 36.4 Å². The van der Waals surface area contributed by atoms with Gasteiger partial charge in [-0.25, -0.2) is 0 Å². The number of rotatable bonds is 4. The molecule has 2 aromatic rings. The minimum atomic E-state index is 0.897. The highest BCUT2D eigenvalue weighted by atomic mass is 35.5. The summed E-state index contributed by atoms with van der Waals surface area (Å²) in [5, 5.41) is 0.897. The van der Waals surface area contributed by atoms with Gasteiger partial charge in [0.1, 0.15) is 0 Å². The fourth-order valence-electron chi connectivity index (χ4n) is 2.36. The highest BCUT2D eigenvalue weighted by molar-refractivity contribution is 6.31. The van der Waals surface area contributed by atoms with E-state index in [0.717, 1.165) is 24.3 Å². The lowest BCUT2D eigenvalue weighted by Crippen LogP contribution is -1.95. The molecule has 0 amide bonds. The van der Waals surface area contributed by atoms with Crippen molar-refractivity contribution in [2.24, 2.45) is 0 Å². The molecule has 0 saturated heterocycles. The average Bonchev–Trinajstić information content (AvgIpc) is 2.43. The Morgan fingerprint density at radius 3 is 2.05 bits per heavy atom. The van der Waals surface area contributed by atoms with Crippen molar-refractivity contribution >= 4 is 11.6 Å². The zero-order valence-corrected chi connectivity index (χ0v) is 12.7. The van der Waals surface area contributed by atoms with Gasteiger partial charge in [-0.3, -0.25) is 0 Å². The van der Waals surface area contributed by atoms with E-state index in [2.05, 4.69) is 57.2 Å². The standard InChI is InChI=1S/C18H21Cl/c1-4-14-6-8-15(9-7-14)11-17-12-18(19)16(5-2)10-13(17)3/h6-10,12H,4-5,11H2,1-3H3. The fourth-order valence-corrected chi connectivity index (χ4v) is 2.68. The van der Waals surface area contributed by atoms with Crippen LogP contribution in [0.4, 0.5) is 0 Å². The molecule has 0 aliphatic heterocycles. The number of aryl methyl sites for hydroxylation is 3. The highest BCUT2D eigenvalue weighted by Gasteiger charge is 2.06. The molecule has 2 aromatic carbocycles. The number of hydrogen-bond donors (Lipinski definition) is 0. The predicted molar refractivity (Wildman–Crippen MR) is 84.2 cm³/mol. The Kier molecular flexibility index (Phi) is 4.66. The predicted octanol–water partition coefficient (Wildman–Crippen LogP) is 5.36. The molecule has 0 radical (unpaired) electrons. The van der Waals surface area contributed by atoms with Crippen LogP contribution in [-0.4, -0.2) is 0 Å². The summed E-state index contributed by atoms with van der Waals surface area (Å²) in [6.07, 6.45) is 3.04. The summed E-state index contributed by atoms with van der Waals surface area (Å²) >= 11 is 6.32. The molecule has 100 valence electrons. The molecule has 0 fully saturated rings. The van der Waals surface area contributed by atoms with Gasteiger partial charge in [-0.05, 0) is 60.1 Å². The Bertz CT molecular complexity index is 553. The summed E-state index contributed by atoms with van der Waals surface area (Å²) in [6, 6.07) is 13.2. The van der Waals surface area contributed by atoms with Gasteiger partial charge >= 0.3 is 0 Å². The molecular weight excluding hydrogens is 252 g/mol. The lowest BCUT2D eigenvalue weighted by atomic mass is 9.97. The molecule has 0 saturated carbocycles. The van der Waals surface area contributed by atoms with Gasteiger partial charge in [-0.2, -0.15) is 0 Å². The van der Waals surface area contributed by atoms with Crippen molar-refractivity contribution in [3.8, 4) is 0 Å². The summed E-state index contributed by atoms with van der Waals surface area (Å²) in [5.41, 5.74) is 6.64. The largest absolute Gasteiger partial charge is 0.0840 e. The fraction of sp³-hybridized carbons (Fsp3) is 0.333. The van der Waals surface area contributed by atoms with E-state index in [1.165, 1.54) is 27.8 Å². The van der Waals surface area contributed by atoms with Gasteiger partial charge < -0.3 is 0 Å². The Labute approximate surface area is 121 Å². The molecule has 0 N–H and O–H groups in total. The van der Waals surface area contributed by atoms with Gasteiger partial charge in [0, 0.05) is 5.02 Å². The SMILES string of the molecule is CCc1ccc(Cc2cc(Cl)c(CC)cc2C)cc1. The maximum Gasteiger partial charge on any atom is 0.0440 e. The first-order valence-corrected chi connectivity index (χ1v) is 7.37. The van der Waals surface area contributed by atoms with Crippen molar-refractivity contribution < 1.29 is 0 Å². The molecule has 0 spiro atoms. The van der Waals surface area contributed by atoms with Crippen molar-refractivity contribution in [1.29, 1.82) is 0 Å². The van der Waals surface area contributed by atoms with Crippen molar-refractivity contribution in [3.05, 3.63) is 69.2 Å². The van der Waals surface area contributed by atoms with E-state index < -0.39 is 0 Å². The second-order valence-electron chi connectivity index (χ2n) is 5.07. The van der Waals surface area contributed by atoms with Crippen molar-refractivity contribution in [2.45, 2.75) is 40.0 Å². The van der Waals surface area contributed by atoms with E-state index in [-0.39, 0.29) is 0 Å². The monoisotopic (exact) mass is 272 g/mol. The van der Waals surface area contributed by atoms with Crippen molar-refractivity contribution in [3.63, 3.8) is 0 Å². The van der Waals surface area contributed by atoms with E-state index in [9.17, 15) is 0 Å². The Morgan fingerprint density at radius 1 is 0.842 bits per heavy atom. The molecule has 0 nitrogen and oxygen atoms in total. The second-order valence-corrected chi connectivity index (χ2v) is 5.48. The molecule has 1 heteroatoms. The van der Waals surface area contributed by atoms with Gasteiger partial charge in [0.15, 0.2) is 0 Å². The van der Waals surface area contributed by atoms with Crippen LogP contribution in [0.25, 0.3) is 0 Å². The Hall–Kier alpha value is -1.27. The highest BCUT2D eigenvalue weighted by Crippen LogP contribution is 2.24. The topological polar surface area (TPSA) is 0 Å². The third kappa shape index (κ3) is 3.39. The van der Waals surface area contributed by atoms with Crippen LogP contribution in [0.1, 0.15) is 41.7 Å². The molecule has 0 aliphatic rings. The van der Waals surface area contributed by atoms with Gasteiger partial charge in [0.2, 0.25) is 0 Å². The molecule has 0 unspecified atom stereocenters. The third-order valence-corrected chi connectivity index (χ3v) is 4.06. The molecule has 0 bridgehead atoms. The number of halogens is 1. The summed E-state index contributed by atoms with van der Waals surface area (Å²) in [4.78, 5) is 0. The maximum atomic E-state index is 6.32. The van der Waals surface area contributed by atoms with Gasteiger partial charge in [-0.15, -0.1) is 0 Å². The average molecular weight is 273 g/mol. The molecule has 0 aliphatic carbocycles. The Morgan fingerprint density at radius 2 is 1.47 bits per heavy atom. The summed E-state index contributed by atoms with van der Waals surface area (Å²) in [5.74, 6) is 0. The summed E-state index contributed by atoms with van der Waals surface area (Å²) in [7, 11) is 0. The van der Waals surface area contributed by atoms with Crippen molar-refractivity contribution in [1.82, 2.24) is 0 Å². The van der Waals surface area contributed by atoms with Crippen LogP contribution in [0.5, 0.6) is 0 Å². The van der Waals surface area contributed by atoms with Crippen LogP contribution in [0, 0.1) is 6.92 Å². The summed E-state index contributed by atoms with van der Waals surface area (Å²) < 4.78 is 0. The zero-order valence-electron chi connectivity index (χ0n) is 12.0. The van der Waals surface area contributed by atoms with Gasteiger partial charge in [-0.1, -0.05) is 55.8 Å². The van der Waals surface area contributed by atoms with Crippen LogP contribution in [-0.2, 0) is 19.3 Å². The van der Waals surface area contributed by atoms with Crippen LogP contribution < -0.4 is 0 Å². The quantitative estimate of drug-likeness (QED) is 0.702. The summed E-state index contributed by atoms with van der Waals surface area (Å²) in [6.45, 7) is 6.50. The van der Waals surface area contributed by atoms with Gasteiger partial charge in [0.25, 0.3) is 0 Å². The van der Waals surface area contributed by atoms with E-state index in [1.54, 1.807) is 0 Å². The number of benzene rings is 2. The minimum Gasteiger partial charge on any atom is -0.0840 e. The molecule has 0 heterocycles. The minimum absolute atomic E-state index is 0.897. The van der Waals surface area contributed by atoms with Gasteiger partial charge in [0.05, 0.1) is 0 Å². The van der Waals surface area contributed by atoms with E-state index in [0.29, 0.717) is 0 Å². The first-order valence-electron chi connectivity index (χ1n) is 6.99. The molecule has 0 atom stereocenters. The van der Waals surface area contributed by atoms with E-state index in [4.69, 9.17) is 11.6 Å². The van der Waals surface area contributed by atoms with Crippen LogP contribution in [0.3, 0.4) is 0 Å². The third-order valence-electron chi connectivity index (χ3n) is 3.71.